The Morgan fingerprint density at radius 1 is 1.25 bits per heavy atom. The van der Waals surface area contributed by atoms with Gasteiger partial charge in [0.15, 0.2) is 0 Å². The Kier molecular flexibility index (Phi) is 7.41. The molecule has 2 aliphatic heterocycles. The van der Waals surface area contributed by atoms with E-state index in [1.54, 1.807) is 36.1 Å². The van der Waals surface area contributed by atoms with Crippen molar-refractivity contribution in [2.45, 2.75) is 39.3 Å². The van der Waals surface area contributed by atoms with Gasteiger partial charge in [-0.2, -0.15) is 0 Å². The van der Waals surface area contributed by atoms with E-state index in [1.165, 1.54) is 0 Å². The van der Waals surface area contributed by atoms with Gasteiger partial charge in [0.05, 0.1) is 12.0 Å². The van der Waals surface area contributed by atoms with E-state index in [1.807, 2.05) is 29.3 Å². The molecular weight excluding hydrogens is 476 g/mol. The number of piperazine rings is 1. The van der Waals surface area contributed by atoms with Crippen molar-refractivity contribution < 1.29 is 14.3 Å². The molecule has 0 aromatic carbocycles. The number of rotatable bonds is 6. The highest BCUT2D eigenvalue weighted by molar-refractivity contribution is 7.19. The Morgan fingerprint density at radius 3 is 2.81 bits per heavy atom. The fourth-order valence-corrected chi connectivity index (χ4v) is 6.28. The van der Waals surface area contributed by atoms with Crippen LogP contribution in [0.2, 0.25) is 0 Å². The number of fused-ring (bicyclic) bond motifs is 1. The van der Waals surface area contributed by atoms with Gasteiger partial charge in [-0.15, -0.1) is 11.3 Å². The molecular formula is C27H34N4O4S. The van der Waals surface area contributed by atoms with Gasteiger partial charge in [-0.1, -0.05) is 0 Å². The van der Waals surface area contributed by atoms with E-state index in [-0.39, 0.29) is 17.5 Å². The Bertz CT molecular complexity index is 1300. The van der Waals surface area contributed by atoms with Crippen LogP contribution >= 0.6 is 11.3 Å². The second-order valence-electron chi connectivity index (χ2n) is 9.95. The average molecular weight is 511 g/mol. The molecule has 0 N–H and O–H groups in total. The lowest BCUT2D eigenvalue weighted by Crippen LogP contribution is -2.52. The molecule has 5 heterocycles. The molecule has 1 unspecified atom stereocenters. The first-order chi connectivity index (χ1) is 17.4. The fraction of sp³-hybridized carbons (Fsp3) is 0.519. The van der Waals surface area contributed by atoms with Gasteiger partial charge >= 0.3 is 0 Å². The van der Waals surface area contributed by atoms with Crippen molar-refractivity contribution in [2.24, 2.45) is 13.0 Å². The maximum Gasteiger partial charge on any atom is 0.259 e. The molecule has 3 aromatic rings. The molecule has 2 aliphatic rings. The predicted molar refractivity (Wildman–Crippen MR) is 141 cm³/mol. The van der Waals surface area contributed by atoms with Crippen LogP contribution in [0, 0.1) is 5.92 Å². The molecule has 3 aromatic heterocycles. The Balaban J connectivity index is 1.39. The summed E-state index contributed by atoms with van der Waals surface area (Å²) in [4.78, 5) is 34.7. The number of carbonyl (C=O) groups excluding carboxylic acids is 1. The number of thiophene rings is 1. The molecule has 1 amide bonds. The molecule has 1 atom stereocenters. The Hall–Kier alpha value is -2.75. The maximum absolute atomic E-state index is 13.0. The summed E-state index contributed by atoms with van der Waals surface area (Å²) in [6.07, 6.45) is 5.72. The number of aryl methyl sites for hydroxylation is 1. The number of ether oxygens (including phenoxy) is 2. The lowest BCUT2D eigenvalue weighted by atomic mass is 10.0. The molecule has 8 nitrogen and oxygen atoms in total. The van der Waals surface area contributed by atoms with Crippen molar-refractivity contribution in [3.63, 3.8) is 0 Å². The minimum Gasteiger partial charge on any atom is -0.477 e. The third-order valence-corrected chi connectivity index (χ3v) is 8.48. The summed E-state index contributed by atoms with van der Waals surface area (Å²) in [5.74, 6) is 1.23. The van der Waals surface area contributed by atoms with Gasteiger partial charge in [-0.25, -0.2) is 4.98 Å². The molecule has 36 heavy (non-hydrogen) atoms. The molecule has 0 saturated carbocycles. The summed E-state index contributed by atoms with van der Waals surface area (Å²) in [6.45, 7) is 9.10. The van der Waals surface area contributed by atoms with E-state index >= 15 is 0 Å². The molecule has 0 aliphatic carbocycles. The SMILES string of the molecule is CC(=O)N1CCN(Cc2cc3c(=O)n(C)cc(-c4ccnc(OCC5CCOCC5)c4)c3s2)C(C)C1. The van der Waals surface area contributed by atoms with Crippen LogP contribution in [0.1, 0.15) is 31.6 Å². The largest absolute Gasteiger partial charge is 0.477 e. The zero-order valence-corrected chi connectivity index (χ0v) is 22.1. The summed E-state index contributed by atoms with van der Waals surface area (Å²) in [5.41, 5.74) is 2.01. The molecule has 0 radical (unpaired) electrons. The summed E-state index contributed by atoms with van der Waals surface area (Å²) in [7, 11) is 1.80. The van der Waals surface area contributed by atoms with Crippen LogP contribution in [0.4, 0.5) is 0 Å². The lowest BCUT2D eigenvalue weighted by molar-refractivity contribution is -0.131. The van der Waals surface area contributed by atoms with Crippen molar-refractivity contribution in [2.75, 3.05) is 39.5 Å². The third-order valence-electron chi connectivity index (χ3n) is 7.32. The highest BCUT2D eigenvalue weighted by atomic mass is 32.1. The predicted octanol–water partition coefficient (Wildman–Crippen LogP) is 3.52. The minimum absolute atomic E-state index is 0.00995. The van der Waals surface area contributed by atoms with Crippen molar-refractivity contribution in [1.29, 1.82) is 0 Å². The number of aromatic nitrogens is 2. The highest BCUT2D eigenvalue weighted by Gasteiger charge is 2.26. The van der Waals surface area contributed by atoms with Gasteiger partial charge in [-0.05, 0) is 43.4 Å². The van der Waals surface area contributed by atoms with E-state index in [2.05, 4.69) is 16.8 Å². The summed E-state index contributed by atoms with van der Waals surface area (Å²) >= 11 is 1.68. The Morgan fingerprint density at radius 2 is 2.06 bits per heavy atom. The zero-order chi connectivity index (χ0) is 25.2. The molecule has 9 heteroatoms. The third kappa shape index (κ3) is 5.33. The van der Waals surface area contributed by atoms with Crippen LogP contribution in [-0.4, -0.2) is 70.8 Å². The van der Waals surface area contributed by atoms with Crippen LogP contribution in [0.3, 0.4) is 0 Å². The van der Waals surface area contributed by atoms with E-state index in [0.29, 0.717) is 18.4 Å². The summed E-state index contributed by atoms with van der Waals surface area (Å²) < 4.78 is 14.1. The number of pyridine rings is 2. The molecule has 5 rings (SSSR count). The first kappa shape index (κ1) is 24.9. The summed E-state index contributed by atoms with van der Waals surface area (Å²) in [5, 5.41) is 0.742. The highest BCUT2D eigenvalue weighted by Crippen LogP contribution is 2.35. The second-order valence-corrected chi connectivity index (χ2v) is 11.1. The van der Waals surface area contributed by atoms with Crippen LogP contribution < -0.4 is 10.3 Å². The standard InChI is InChI=1S/C27H34N4O4S/c1-18-14-31(19(2)32)9-8-30(18)15-22-13-23-26(36-22)24(16-29(3)27(23)33)21-4-7-28-25(12-21)35-17-20-5-10-34-11-6-20/h4,7,12-13,16,18,20H,5-6,8-11,14-15,17H2,1-3H3. The van der Waals surface area contributed by atoms with Gasteiger partial charge < -0.3 is 18.9 Å². The second kappa shape index (κ2) is 10.7. The monoisotopic (exact) mass is 510 g/mol. The molecule has 192 valence electrons. The molecule has 2 saturated heterocycles. The van der Waals surface area contributed by atoms with Gasteiger partial charge in [0.25, 0.3) is 5.56 Å². The van der Waals surface area contributed by atoms with Gasteiger partial charge in [-0.3, -0.25) is 14.5 Å². The van der Waals surface area contributed by atoms with Crippen molar-refractivity contribution in [3.8, 4) is 17.0 Å². The number of amides is 1. The lowest BCUT2D eigenvalue weighted by Gasteiger charge is -2.39. The topological polar surface area (TPSA) is 76.9 Å². The van der Waals surface area contributed by atoms with Crippen molar-refractivity contribution in [1.82, 2.24) is 19.4 Å². The first-order valence-electron chi connectivity index (χ1n) is 12.7. The maximum atomic E-state index is 13.0. The number of nitrogens with zero attached hydrogens (tertiary/aromatic N) is 4. The van der Waals surface area contributed by atoms with Crippen LogP contribution in [0.5, 0.6) is 5.88 Å². The van der Waals surface area contributed by atoms with E-state index in [9.17, 15) is 9.59 Å². The van der Waals surface area contributed by atoms with Gasteiger partial charge in [0, 0.05) is 93.0 Å². The van der Waals surface area contributed by atoms with E-state index in [0.717, 1.165) is 78.3 Å². The number of hydrogen-bond donors (Lipinski definition) is 0. The molecule has 0 bridgehead atoms. The summed E-state index contributed by atoms with van der Waals surface area (Å²) in [6, 6.07) is 6.26. The number of carbonyl (C=O) groups is 1. The van der Waals surface area contributed by atoms with Crippen LogP contribution in [-0.2, 0) is 23.1 Å². The van der Waals surface area contributed by atoms with Crippen LogP contribution in [0.15, 0.2) is 35.4 Å². The van der Waals surface area contributed by atoms with E-state index < -0.39 is 0 Å². The quantitative estimate of drug-likeness (QED) is 0.505. The van der Waals surface area contributed by atoms with Crippen molar-refractivity contribution in [3.05, 3.63) is 45.8 Å². The smallest absolute Gasteiger partial charge is 0.259 e. The average Bonchev–Trinajstić information content (AvgIpc) is 3.31. The first-order valence-corrected chi connectivity index (χ1v) is 13.5. The van der Waals surface area contributed by atoms with Crippen LogP contribution in [0.25, 0.3) is 21.2 Å². The number of hydrogen-bond acceptors (Lipinski definition) is 7. The molecule has 2 fully saturated rings. The van der Waals surface area contributed by atoms with Gasteiger partial charge in [0.2, 0.25) is 11.8 Å². The zero-order valence-electron chi connectivity index (χ0n) is 21.2. The molecule has 0 spiro atoms. The minimum atomic E-state index is 0.00995. The fourth-order valence-electron chi connectivity index (χ4n) is 5.07. The van der Waals surface area contributed by atoms with Gasteiger partial charge in [0.1, 0.15) is 0 Å². The van der Waals surface area contributed by atoms with Crippen molar-refractivity contribution >= 4 is 27.3 Å². The van der Waals surface area contributed by atoms with E-state index in [4.69, 9.17) is 9.47 Å². The Labute approximate surface area is 215 Å². The normalized spacial score (nSPS) is 19.6.